The highest BCUT2D eigenvalue weighted by atomic mass is 16.6. The van der Waals surface area contributed by atoms with Crippen molar-refractivity contribution in [2.75, 3.05) is 13.1 Å². The minimum absolute atomic E-state index is 0.123. The molecule has 5 fully saturated rings. The molecule has 1 saturated heterocycles. The summed E-state index contributed by atoms with van der Waals surface area (Å²) in [7, 11) is 0. The monoisotopic (exact) mass is 447 g/mol. The third-order valence-corrected chi connectivity index (χ3v) is 8.28. The molecular formula is C24H37N3O5. The van der Waals surface area contributed by atoms with E-state index >= 15 is 0 Å². The van der Waals surface area contributed by atoms with E-state index in [2.05, 4.69) is 6.58 Å². The van der Waals surface area contributed by atoms with Crippen LogP contribution in [0.15, 0.2) is 12.7 Å². The largest absolute Gasteiger partial charge is 0.465 e. The summed E-state index contributed by atoms with van der Waals surface area (Å²) in [5.74, 6) is 0.924. The molecule has 3 amide bonds. The fourth-order valence-corrected chi connectivity index (χ4v) is 7.55. The van der Waals surface area contributed by atoms with E-state index in [4.69, 9.17) is 10.5 Å². The van der Waals surface area contributed by atoms with Crippen molar-refractivity contribution in [3.8, 4) is 0 Å². The maximum Gasteiger partial charge on any atom is 0.410 e. The number of carboxylic acid groups (broad SMARTS) is 1. The fraction of sp³-hybridized carbons (Fsp3) is 0.792. The first-order valence-corrected chi connectivity index (χ1v) is 11.9. The van der Waals surface area contributed by atoms with Crippen LogP contribution in [-0.4, -0.2) is 63.8 Å². The first kappa shape index (κ1) is 22.9. The van der Waals surface area contributed by atoms with Crippen LogP contribution < -0.4 is 5.73 Å². The Labute approximate surface area is 190 Å². The Kier molecular flexibility index (Phi) is 5.70. The molecule has 8 nitrogen and oxygen atoms in total. The van der Waals surface area contributed by atoms with Crippen molar-refractivity contribution in [1.82, 2.24) is 9.80 Å². The molecule has 0 aromatic rings. The van der Waals surface area contributed by atoms with Crippen LogP contribution in [0.2, 0.25) is 0 Å². The second-order valence-electron chi connectivity index (χ2n) is 11.4. The number of carbonyl (C=O) groups excluding carboxylic acids is 2. The number of hydrogen-bond acceptors (Lipinski definition) is 4. The lowest BCUT2D eigenvalue weighted by molar-refractivity contribution is -0.155. The molecule has 0 spiro atoms. The van der Waals surface area contributed by atoms with Crippen LogP contribution in [0, 0.1) is 29.1 Å². The number of hydrogen-bond donors (Lipinski definition) is 2. The van der Waals surface area contributed by atoms with Gasteiger partial charge in [0.25, 0.3) is 0 Å². The highest BCUT2D eigenvalue weighted by molar-refractivity contribution is 5.81. The average Bonchev–Trinajstić information content (AvgIpc) is 3.08. The molecule has 1 aliphatic heterocycles. The summed E-state index contributed by atoms with van der Waals surface area (Å²) in [5, 5.41) is 10.0. The summed E-state index contributed by atoms with van der Waals surface area (Å²) in [6, 6.07) is -0.578. The molecule has 32 heavy (non-hydrogen) atoms. The van der Waals surface area contributed by atoms with Gasteiger partial charge in [0.2, 0.25) is 5.91 Å². The van der Waals surface area contributed by atoms with Gasteiger partial charge in [-0.1, -0.05) is 6.08 Å². The summed E-state index contributed by atoms with van der Waals surface area (Å²) in [4.78, 5) is 40.9. The Balaban J connectivity index is 1.66. The van der Waals surface area contributed by atoms with Gasteiger partial charge in [-0.05, 0) is 83.0 Å². The lowest BCUT2D eigenvalue weighted by Gasteiger charge is -2.61. The minimum Gasteiger partial charge on any atom is -0.465 e. The second kappa shape index (κ2) is 7.96. The van der Waals surface area contributed by atoms with Crippen LogP contribution in [0.5, 0.6) is 0 Å². The van der Waals surface area contributed by atoms with Crippen molar-refractivity contribution in [2.24, 2.45) is 34.8 Å². The second-order valence-corrected chi connectivity index (χ2v) is 11.4. The topological polar surface area (TPSA) is 113 Å². The summed E-state index contributed by atoms with van der Waals surface area (Å²) in [6.45, 7) is 9.99. The molecule has 0 aromatic carbocycles. The van der Waals surface area contributed by atoms with Crippen molar-refractivity contribution in [3.05, 3.63) is 12.7 Å². The van der Waals surface area contributed by atoms with E-state index in [1.54, 1.807) is 11.0 Å². The molecule has 4 saturated carbocycles. The molecule has 0 aromatic heterocycles. The Morgan fingerprint density at radius 2 is 1.84 bits per heavy atom. The van der Waals surface area contributed by atoms with Gasteiger partial charge < -0.3 is 20.5 Å². The summed E-state index contributed by atoms with van der Waals surface area (Å²) < 4.78 is 5.67. The van der Waals surface area contributed by atoms with Crippen molar-refractivity contribution in [1.29, 1.82) is 0 Å². The Hall–Kier alpha value is -2.25. The number of amides is 3. The van der Waals surface area contributed by atoms with E-state index in [0.717, 1.165) is 32.1 Å². The number of nitrogens with zero attached hydrogens (tertiary/aromatic N) is 2. The number of ether oxygens (including phenoxy) is 1. The number of likely N-dealkylation sites (tertiary alicyclic amines) is 1. The summed E-state index contributed by atoms with van der Waals surface area (Å²) in [5.41, 5.74) is 4.78. The zero-order valence-electron chi connectivity index (χ0n) is 19.5. The predicted octanol–water partition coefficient (Wildman–Crippen LogP) is 3.46. The van der Waals surface area contributed by atoms with Crippen molar-refractivity contribution >= 4 is 18.1 Å². The fourth-order valence-electron chi connectivity index (χ4n) is 7.55. The lowest BCUT2D eigenvalue weighted by Crippen LogP contribution is -2.63. The number of carbonyl (C=O) groups is 3. The van der Waals surface area contributed by atoms with E-state index in [0.29, 0.717) is 25.4 Å². The van der Waals surface area contributed by atoms with E-state index in [1.165, 1.54) is 4.90 Å². The Morgan fingerprint density at radius 1 is 1.22 bits per heavy atom. The zero-order chi connectivity index (χ0) is 23.4. The standard InChI is InChI=1S/C24H37N3O5/c1-5-7-26(22(31)32-23(2,3)4)17-6-8-27(21(29)30)19(17)18-15-9-14-10-16(18)13-24(11-14,12-15)20(25)28/h5,14-19H,1,6-13H2,2-4H3,(H2,25,28)(H,29,30)/t14?,15?,16?,17?,18?,19-,24?/m0/s1. The van der Waals surface area contributed by atoms with Gasteiger partial charge in [-0.25, -0.2) is 9.59 Å². The molecule has 5 aliphatic rings. The maximum absolute atomic E-state index is 13.1. The number of primary amides is 1. The van der Waals surface area contributed by atoms with Crippen LogP contribution in [0.3, 0.4) is 0 Å². The molecule has 4 atom stereocenters. The molecule has 8 heteroatoms. The smallest absolute Gasteiger partial charge is 0.410 e. The maximum atomic E-state index is 13.1. The van der Waals surface area contributed by atoms with Gasteiger partial charge in [-0.2, -0.15) is 0 Å². The molecule has 4 aliphatic carbocycles. The van der Waals surface area contributed by atoms with Gasteiger partial charge >= 0.3 is 12.2 Å². The Bertz CT molecular complexity index is 790. The molecule has 3 unspecified atom stereocenters. The summed E-state index contributed by atoms with van der Waals surface area (Å²) >= 11 is 0. The number of rotatable bonds is 5. The minimum atomic E-state index is -0.946. The van der Waals surface area contributed by atoms with E-state index in [9.17, 15) is 19.5 Å². The average molecular weight is 448 g/mol. The van der Waals surface area contributed by atoms with Crippen LogP contribution >= 0.6 is 0 Å². The van der Waals surface area contributed by atoms with E-state index in [-0.39, 0.29) is 35.7 Å². The van der Waals surface area contributed by atoms with Crippen LogP contribution in [-0.2, 0) is 9.53 Å². The molecule has 5 rings (SSSR count). The number of nitrogens with two attached hydrogens (primary N) is 1. The summed E-state index contributed by atoms with van der Waals surface area (Å²) in [6.07, 6.45) is 5.25. The molecular weight excluding hydrogens is 410 g/mol. The SMILES string of the molecule is C=CCN(C(=O)OC(C)(C)C)C1CCN(C(=O)O)[C@@H]1C1C2CC3CC1CC(C(N)=O)(C3)C2. The van der Waals surface area contributed by atoms with Gasteiger partial charge in [0.05, 0.1) is 12.1 Å². The zero-order valence-corrected chi connectivity index (χ0v) is 19.5. The van der Waals surface area contributed by atoms with Crippen LogP contribution in [0.25, 0.3) is 0 Å². The predicted molar refractivity (Wildman–Crippen MR) is 119 cm³/mol. The quantitative estimate of drug-likeness (QED) is 0.627. The molecule has 0 radical (unpaired) electrons. The third kappa shape index (κ3) is 3.86. The molecule has 178 valence electrons. The normalized spacial score (nSPS) is 37.9. The third-order valence-electron chi connectivity index (χ3n) is 8.28. The van der Waals surface area contributed by atoms with Crippen LogP contribution in [0.1, 0.15) is 59.3 Å². The lowest BCUT2D eigenvalue weighted by atomic mass is 9.44. The van der Waals surface area contributed by atoms with Crippen LogP contribution in [0.4, 0.5) is 9.59 Å². The highest BCUT2D eigenvalue weighted by Crippen LogP contribution is 2.63. The first-order chi connectivity index (χ1) is 15.0. The van der Waals surface area contributed by atoms with E-state index in [1.807, 2.05) is 20.8 Å². The van der Waals surface area contributed by atoms with Gasteiger partial charge in [-0.15, -0.1) is 6.58 Å². The molecule has 1 heterocycles. The van der Waals surface area contributed by atoms with Crippen molar-refractivity contribution in [3.63, 3.8) is 0 Å². The molecule has 4 bridgehead atoms. The molecule has 3 N–H and O–H groups in total. The van der Waals surface area contributed by atoms with Gasteiger partial charge in [0, 0.05) is 18.5 Å². The van der Waals surface area contributed by atoms with Gasteiger partial charge in [-0.3, -0.25) is 9.69 Å². The van der Waals surface area contributed by atoms with Gasteiger partial charge in [0.1, 0.15) is 5.60 Å². The van der Waals surface area contributed by atoms with Crippen molar-refractivity contribution < 1.29 is 24.2 Å². The van der Waals surface area contributed by atoms with Crippen molar-refractivity contribution in [2.45, 2.75) is 77.0 Å². The van der Waals surface area contributed by atoms with E-state index < -0.39 is 23.2 Å². The highest BCUT2D eigenvalue weighted by Gasteiger charge is 2.62. The van der Waals surface area contributed by atoms with Gasteiger partial charge in [0.15, 0.2) is 0 Å². The Morgan fingerprint density at radius 3 is 2.34 bits per heavy atom. The first-order valence-electron chi connectivity index (χ1n) is 11.9.